The third kappa shape index (κ3) is 5.72. The molecule has 184 valence electrons. The van der Waals surface area contributed by atoms with Gasteiger partial charge in [-0.1, -0.05) is 35.3 Å². The Labute approximate surface area is 227 Å². The summed E-state index contributed by atoms with van der Waals surface area (Å²) in [7, 11) is 0. The number of fused-ring (bicyclic) bond motifs is 1. The number of halogens is 2. The lowest BCUT2D eigenvalue weighted by molar-refractivity contribution is -0.115. The molecule has 2 aromatic carbocycles. The van der Waals surface area contributed by atoms with Crippen molar-refractivity contribution in [2.45, 2.75) is 6.92 Å². The summed E-state index contributed by atoms with van der Waals surface area (Å²) in [6, 6.07) is 18.0. The molecule has 0 radical (unpaired) electrons. The zero-order chi connectivity index (χ0) is 25.9. The smallest absolute Gasteiger partial charge is 0.250 e. The number of anilines is 1. The third-order valence-corrected chi connectivity index (χ3v) is 6.29. The van der Waals surface area contributed by atoms with Gasteiger partial charge in [0.15, 0.2) is 16.3 Å². The van der Waals surface area contributed by atoms with Crippen molar-refractivity contribution in [3.8, 4) is 22.8 Å². The Kier molecular flexibility index (Phi) is 7.05. The number of pyridine rings is 1. The van der Waals surface area contributed by atoms with Crippen LogP contribution >= 0.6 is 35.4 Å². The number of hydrogen-bond donors (Lipinski definition) is 2. The molecule has 0 atom stereocenters. The highest BCUT2D eigenvalue weighted by Crippen LogP contribution is 2.30. The lowest BCUT2D eigenvalue weighted by Gasteiger charge is -2.10. The maximum Gasteiger partial charge on any atom is 0.250 e. The number of aryl methyl sites for hydroxylation is 1. The fourth-order valence-electron chi connectivity index (χ4n) is 3.46. The van der Waals surface area contributed by atoms with Gasteiger partial charge >= 0.3 is 0 Å². The van der Waals surface area contributed by atoms with Gasteiger partial charge in [0.1, 0.15) is 11.5 Å². The Bertz CT molecular complexity index is 1640. The van der Waals surface area contributed by atoms with Crippen LogP contribution in [0.3, 0.4) is 0 Å². The van der Waals surface area contributed by atoms with Gasteiger partial charge in [0.2, 0.25) is 11.8 Å². The lowest BCUT2D eigenvalue weighted by Crippen LogP contribution is -2.32. The van der Waals surface area contributed by atoms with Crippen LogP contribution in [0.1, 0.15) is 11.3 Å². The number of carbonyl (C=O) groups excluding carboxylic acids is 1. The molecule has 0 fully saturated rings. The second kappa shape index (κ2) is 10.6. The predicted octanol–water partition coefficient (Wildman–Crippen LogP) is 7.29. The second-order valence-electron chi connectivity index (χ2n) is 7.98. The van der Waals surface area contributed by atoms with Crippen molar-refractivity contribution in [2.24, 2.45) is 0 Å². The van der Waals surface area contributed by atoms with Crippen LogP contribution in [-0.2, 0) is 4.79 Å². The topological polar surface area (TPSA) is 93.2 Å². The van der Waals surface area contributed by atoms with E-state index in [9.17, 15) is 4.79 Å². The molecule has 10 heteroatoms. The summed E-state index contributed by atoms with van der Waals surface area (Å²) < 4.78 is 11.6. The Balaban J connectivity index is 1.23. The number of amides is 1. The van der Waals surface area contributed by atoms with Crippen LogP contribution in [0.25, 0.3) is 40.1 Å². The largest absolute Gasteiger partial charge is 0.457 e. The summed E-state index contributed by atoms with van der Waals surface area (Å²) in [5.41, 5.74) is 4.05. The van der Waals surface area contributed by atoms with E-state index in [1.807, 2.05) is 31.2 Å². The molecule has 3 heterocycles. The summed E-state index contributed by atoms with van der Waals surface area (Å²) in [6.07, 6.45) is 4.51. The second-order valence-corrected chi connectivity index (χ2v) is 9.20. The summed E-state index contributed by atoms with van der Waals surface area (Å²) in [4.78, 5) is 21.0. The Morgan fingerprint density at radius 2 is 1.84 bits per heavy atom. The molecule has 0 aliphatic carbocycles. The first-order valence-electron chi connectivity index (χ1n) is 11.0. The first-order valence-corrected chi connectivity index (χ1v) is 12.2. The number of oxazole rings is 1. The predicted molar refractivity (Wildman–Crippen MR) is 150 cm³/mol. The van der Waals surface area contributed by atoms with E-state index >= 15 is 0 Å². The van der Waals surface area contributed by atoms with Gasteiger partial charge < -0.3 is 14.2 Å². The molecule has 0 spiro atoms. The molecule has 2 N–H and O–H groups in total. The minimum absolute atomic E-state index is 0.0716. The number of aromatic nitrogens is 2. The molecule has 0 saturated carbocycles. The summed E-state index contributed by atoms with van der Waals surface area (Å²) in [5, 5.41) is 6.65. The molecule has 3 aromatic heterocycles. The van der Waals surface area contributed by atoms with E-state index in [-0.39, 0.29) is 5.11 Å². The van der Waals surface area contributed by atoms with E-state index in [1.165, 1.54) is 6.08 Å². The molecule has 37 heavy (non-hydrogen) atoms. The minimum atomic E-state index is -0.439. The van der Waals surface area contributed by atoms with Gasteiger partial charge in [-0.25, -0.2) is 4.98 Å². The lowest BCUT2D eigenvalue weighted by atomic mass is 10.1. The molecular formula is C27H18Cl2N4O3S. The first kappa shape index (κ1) is 24.7. The van der Waals surface area contributed by atoms with Crippen molar-refractivity contribution >= 4 is 69.4 Å². The van der Waals surface area contributed by atoms with Crippen LogP contribution < -0.4 is 10.6 Å². The highest BCUT2D eigenvalue weighted by atomic mass is 35.5. The number of nitrogens with zero attached hydrogens (tertiary/aromatic N) is 2. The van der Waals surface area contributed by atoms with Crippen molar-refractivity contribution in [3.05, 3.63) is 94.3 Å². The highest BCUT2D eigenvalue weighted by Gasteiger charge is 2.12. The zero-order valence-corrected chi connectivity index (χ0v) is 21.6. The summed E-state index contributed by atoms with van der Waals surface area (Å²) >= 11 is 17.8. The van der Waals surface area contributed by atoms with E-state index in [1.54, 1.807) is 48.7 Å². The van der Waals surface area contributed by atoms with E-state index < -0.39 is 5.91 Å². The number of furan rings is 1. The van der Waals surface area contributed by atoms with Crippen molar-refractivity contribution in [2.75, 3.05) is 5.32 Å². The number of thiocarbonyl (C=S) groups is 1. The fraction of sp³-hybridized carbons (Fsp3) is 0.0370. The van der Waals surface area contributed by atoms with Crippen LogP contribution in [0.15, 0.2) is 81.8 Å². The van der Waals surface area contributed by atoms with Crippen LogP contribution in [0.2, 0.25) is 10.0 Å². The monoisotopic (exact) mass is 548 g/mol. The van der Waals surface area contributed by atoms with Gasteiger partial charge in [0, 0.05) is 28.4 Å². The van der Waals surface area contributed by atoms with Crippen molar-refractivity contribution in [1.29, 1.82) is 0 Å². The molecule has 0 aliphatic rings. The van der Waals surface area contributed by atoms with Crippen LogP contribution in [-0.4, -0.2) is 21.0 Å². The average Bonchev–Trinajstić information content (AvgIpc) is 3.53. The van der Waals surface area contributed by atoms with E-state index in [2.05, 4.69) is 20.6 Å². The molecule has 5 aromatic rings. The van der Waals surface area contributed by atoms with Gasteiger partial charge in [-0.3, -0.25) is 10.1 Å². The number of rotatable bonds is 5. The van der Waals surface area contributed by atoms with E-state index in [4.69, 9.17) is 44.3 Å². The maximum absolute atomic E-state index is 12.4. The molecule has 0 aliphatic heterocycles. The third-order valence-electron chi connectivity index (χ3n) is 5.35. The van der Waals surface area contributed by atoms with Crippen LogP contribution in [0, 0.1) is 6.92 Å². The maximum atomic E-state index is 12.4. The quantitative estimate of drug-likeness (QED) is 0.176. The average molecular weight is 549 g/mol. The van der Waals surface area contributed by atoms with Crippen molar-refractivity contribution in [1.82, 2.24) is 15.3 Å². The Morgan fingerprint density at radius 3 is 2.65 bits per heavy atom. The summed E-state index contributed by atoms with van der Waals surface area (Å²) in [5.74, 6) is 1.09. The normalized spacial score (nSPS) is 11.2. The molecule has 7 nitrogen and oxygen atoms in total. The van der Waals surface area contributed by atoms with Gasteiger partial charge in [-0.15, -0.1) is 0 Å². The zero-order valence-electron chi connectivity index (χ0n) is 19.3. The number of nitrogens with one attached hydrogen (secondary N) is 2. The fourth-order valence-corrected chi connectivity index (χ4v) is 4.01. The van der Waals surface area contributed by atoms with Crippen molar-refractivity contribution < 1.29 is 13.6 Å². The van der Waals surface area contributed by atoms with Crippen LogP contribution in [0.5, 0.6) is 0 Å². The summed E-state index contributed by atoms with van der Waals surface area (Å²) in [6.45, 7) is 1.93. The number of carbonyl (C=O) groups is 1. The first-order chi connectivity index (χ1) is 17.9. The molecule has 0 unspecified atom stereocenters. The minimum Gasteiger partial charge on any atom is -0.457 e. The SMILES string of the molecule is Cc1ccc(-c2ccc(/C=C/C(=O)NC(=S)Nc3cc(-c4nc5ncccc5o4)ccc3Cl)o2)cc1Cl. The van der Waals surface area contributed by atoms with Gasteiger partial charge in [-0.05, 0) is 79.3 Å². The van der Waals surface area contributed by atoms with Gasteiger partial charge in [-0.2, -0.15) is 4.98 Å². The van der Waals surface area contributed by atoms with E-state index in [0.29, 0.717) is 49.9 Å². The Hall–Kier alpha value is -3.98. The number of benzene rings is 2. The van der Waals surface area contributed by atoms with Crippen LogP contribution in [0.4, 0.5) is 5.69 Å². The molecule has 1 amide bonds. The number of hydrogen-bond acceptors (Lipinski definition) is 6. The molecule has 5 rings (SSSR count). The molecular weight excluding hydrogens is 531 g/mol. The van der Waals surface area contributed by atoms with Gasteiger partial charge in [0.05, 0.1) is 10.7 Å². The highest BCUT2D eigenvalue weighted by molar-refractivity contribution is 7.80. The van der Waals surface area contributed by atoms with E-state index in [0.717, 1.165) is 11.1 Å². The van der Waals surface area contributed by atoms with Crippen molar-refractivity contribution in [3.63, 3.8) is 0 Å². The molecule has 0 saturated heterocycles. The Morgan fingerprint density at radius 1 is 1.00 bits per heavy atom. The van der Waals surface area contributed by atoms with Gasteiger partial charge in [0.25, 0.3) is 0 Å². The molecule has 0 bridgehead atoms. The standard InChI is InChI=1S/C27H18Cl2N4O3S/c1-15-4-5-16(13-20(15)29)22-10-7-18(35-22)8-11-24(34)32-27(37)31-21-14-17(6-9-19(21)28)26-33-25-23(36-26)3-2-12-30-25/h2-14H,1H3,(H2,31,32,34,37)/b11-8+.